The first kappa shape index (κ1) is 16.8. The zero-order chi connectivity index (χ0) is 15.9. The number of nitrogens with one attached hydrogen (secondary N) is 2. The number of morpholine rings is 1. The van der Waals surface area contributed by atoms with Crippen molar-refractivity contribution in [2.75, 3.05) is 51.3 Å². The minimum Gasteiger partial charge on any atom is -0.379 e. The van der Waals surface area contributed by atoms with E-state index in [-0.39, 0.29) is 5.91 Å². The highest BCUT2D eigenvalue weighted by atomic mass is 16.5. The van der Waals surface area contributed by atoms with Gasteiger partial charge < -0.3 is 15.4 Å². The van der Waals surface area contributed by atoms with Crippen LogP contribution in [-0.2, 0) is 9.53 Å². The number of ether oxygens (including phenoxy) is 1. The first-order valence-electron chi connectivity index (χ1n) is 7.95. The van der Waals surface area contributed by atoms with E-state index >= 15 is 0 Å². The van der Waals surface area contributed by atoms with Crippen molar-refractivity contribution in [3.05, 3.63) is 28.8 Å². The molecule has 1 aromatic carbocycles. The first-order valence-corrected chi connectivity index (χ1v) is 7.95. The molecule has 2 N–H and O–H groups in total. The number of carbonyl (C=O) groups is 1. The molecule has 5 nitrogen and oxygen atoms in total. The second-order valence-electron chi connectivity index (χ2n) is 5.93. The molecule has 1 amide bonds. The number of aryl methyl sites for hydroxylation is 3. The van der Waals surface area contributed by atoms with E-state index in [2.05, 4.69) is 48.4 Å². The lowest BCUT2D eigenvalue weighted by Gasteiger charge is -2.26. The van der Waals surface area contributed by atoms with Gasteiger partial charge in [-0.05, 0) is 31.9 Å². The summed E-state index contributed by atoms with van der Waals surface area (Å²) in [5.74, 6) is 0.0348. The van der Waals surface area contributed by atoms with Crippen LogP contribution >= 0.6 is 0 Å². The van der Waals surface area contributed by atoms with Crippen LogP contribution in [0.15, 0.2) is 12.1 Å². The summed E-state index contributed by atoms with van der Waals surface area (Å²) in [5.41, 5.74) is 4.67. The van der Waals surface area contributed by atoms with E-state index in [1.807, 2.05) is 0 Å². The molecule has 0 unspecified atom stereocenters. The normalized spacial score (nSPS) is 15.6. The summed E-state index contributed by atoms with van der Waals surface area (Å²) < 4.78 is 5.31. The maximum Gasteiger partial charge on any atom is 0.239 e. The van der Waals surface area contributed by atoms with E-state index in [1.165, 1.54) is 16.7 Å². The molecule has 0 radical (unpaired) electrons. The lowest BCUT2D eigenvalue weighted by molar-refractivity contribution is -0.119. The van der Waals surface area contributed by atoms with Crippen LogP contribution in [0.2, 0.25) is 0 Å². The third-order valence-electron chi connectivity index (χ3n) is 3.96. The SMILES string of the molecule is Cc1cc(C)c(NCC(=O)NCCN2CCOCC2)c(C)c1. The monoisotopic (exact) mass is 305 g/mol. The minimum atomic E-state index is 0.0348. The molecular formula is C17H27N3O2. The van der Waals surface area contributed by atoms with Gasteiger partial charge >= 0.3 is 0 Å². The molecule has 1 aliphatic rings. The largest absolute Gasteiger partial charge is 0.379 e. The molecule has 0 spiro atoms. The number of hydrogen-bond donors (Lipinski definition) is 2. The van der Waals surface area contributed by atoms with Crippen LogP contribution in [0.4, 0.5) is 5.69 Å². The minimum absolute atomic E-state index is 0.0348. The molecule has 0 aliphatic carbocycles. The number of anilines is 1. The van der Waals surface area contributed by atoms with Gasteiger partial charge in [-0.3, -0.25) is 9.69 Å². The van der Waals surface area contributed by atoms with Gasteiger partial charge in [0.1, 0.15) is 0 Å². The van der Waals surface area contributed by atoms with Crippen molar-refractivity contribution < 1.29 is 9.53 Å². The Morgan fingerprint density at radius 3 is 2.45 bits per heavy atom. The fourth-order valence-corrected chi connectivity index (χ4v) is 2.87. The van der Waals surface area contributed by atoms with Crippen LogP contribution in [0.1, 0.15) is 16.7 Å². The lowest BCUT2D eigenvalue weighted by Crippen LogP contribution is -2.42. The van der Waals surface area contributed by atoms with Crippen LogP contribution in [0.3, 0.4) is 0 Å². The Morgan fingerprint density at radius 1 is 1.18 bits per heavy atom. The Labute approximate surface area is 133 Å². The fraction of sp³-hybridized carbons (Fsp3) is 0.588. The summed E-state index contributed by atoms with van der Waals surface area (Å²) >= 11 is 0. The summed E-state index contributed by atoms with van der Waals surface area (Å²) in [6, 6.07) is 4.26. The van der Waals surface area contributed by atoms with Crippen molar-refractivity contribution >= 4 is 11.6 Å². The predicted octanol–water partition coefficient (Wildman–Crippen LogP) is 1.47. The summed E-state index contributed by atoms with van der Waals surface area (Å²) in [6.45, 7) is 11.6. The summed E-state index contributed by atoms with van der Waals surface area (Å²) in [7, 11) is 0. The van der Waals surface area contributed by atoms with E-state index < -0.39 is 0 Å². The topological polar surface area (TPSA) is 53.6 Å². The van der Waals surface area contributed by atoms with E-state index in [0.717, 1.165) is 38.5 Å². The molecule has 0 aromatic heterocycles. The van der Waals surface area contributed by atoms with Crippen molar-refractivity contribution in [2.24, 2.45) is 0 Å². The maximum atomic E-state index is 11.9. The number of hydrogen-bond acceptors (Lipinski definition) is 4. The summed E-state index contributed by atoms with van der Waals surface area (Å²) in [6.07, 6.45) is 0. The third kappa shape index (κ3) is 5.00. The lowest BCUT2D eigenvalue weighted by atomic mass is 10.1. The molecule has 0 bridgehead atoms. The molecule has 5 heteroatoms. The van der Waals surface area contributed by atoms with Crippen molar-refractivity contribution in [1.82, 2.24) is 10.2 Å². The first-order chi connectivity index (χ1) is 10.6. The molecular weight excluding hydrogens is 278 g/mol. The maximum absolute atomic E-state index is 11.9. The van der Waals surface area contributed by atoms with Gasteiger partial charge in [0.2, 0.25) is 5.91 Å². The Bertz CT molecular complexity index is 488. The Balaban J connectivity index is 1.71. The van der Waals surface area contributed by atoms with Gasteiger partial charge in [-0.15, -0.1) is 0 Å². The van der Waals surface area contributed by atoms with Crippen LogP contribution in [0.5, 0.6) is 0 Å². The molecule has 1 heterocycles. The Morgan fingerprint density at radius 2 is 1.82 bits per heavy atom. The van der Waals surface area contributed by atoms with Gasteiger partial charge in [-0.2, -0.15) is 0 Å². The molecule has 22 heavy (non-hydrogen) atoms. The van der Waals surface area contributed by atoms with Crippen LogP contribution in [0, 0.1) is 20.8 Å². The number of nitrogens with zero attached hydrogens (tertiary/aromatic N) is 1. The molecule has 0 saturated carbocycles. The van der Waals surface area contributed by atoms with Gasteiger partial charge in [-0.25, -0.2) is 0 Å². The van der Waals surface area contributed by atoms with Gasteiger partial charge in [0, 0.05) is 31.9 Å². The van der Waals surface area contributed by atoms with Crippen LogP contribution in [-0.4, -0.2) is 56.7 Å². The zero-order valence-electron chi connectivity index (χ0n) is 13.9. The van der Waals surface area contributed by atoms with Crippen molar-refractivity contribution in [3.63, 3.8) is 0 Å². The van der Waals surface area contributed by atoms with E-state index in [0.29, 0.717) is 13.1 Å². The molecule has 1 fully saturated rings. The van der Waals surface area contributed by atoms with Crippen LogP contribution < -0.4 is 10.6 Å². The molecule has 1 saturated heterocycles. The molecule has 2 rings (SSSR count). The number of benzene rings is 1. The standard InChI is InChI=1S/C17H27N3O2/c1-13-10-14(2)17(15(3)11-13)19-12-16(21)18-4-5-20-6-8-22-9-7-20/h10-11,19H,4-9,12H2,1-3H3,(H,18,21). The number of carbonyl (C=O) groups excluding carboxylic acids is 1. The number of amides is 1. The van der Waals surface area contributed by atoms with Crippen molar-refractivity contribution in [2.45, 2.75) is 20.8 Å². The average molecular weight is 305 g/mol. The second kappa shape index (κ2) is 8.15. The highest BCUT2D eigenvalue weighted by Crippen LogP contribution is 2.21. The quantitative estimate of drug-likeness (QED) is 0.836. The molecule has 1 aliphatic heterocycles. The Hall–Kier alpha value is -1.59. The van der Waals surface area contributed by atoms with E-state index in [1.54, 1.807) is 0 Å². The average Bonchev–Trinajstić information content (AvgIpc) is 2.47. The van der Waals surface area contributed by atoms with Gasteiger partial charge in [0.25, 0.3) is 0 Å². The van der Waals surface area contributed by atoms with Gasteiger partial charge in [-0.1, -0.05) is 17.7 Å². The van der Waals surface area contributed by atoms with E-state index in [9.17, 15) is 4.79 Å². The predicted molar refractivity (Wildman–Crippen MR) is 89.4 cm³/mol. The van der Waals surface area contributed by atoms with Gasteiger partial charge in [0.05, 0.1) is 19.8 Å². The molecule has 122 valence electrons. The van der Waals surface area contributed by atoms with E-state index in [4.69, 9.17) is 4.74 Å². The zero-order valence-corrected chi connectivity index (χ0v) is 13.9. The fourth-order valence-electron chi connectivity index (χ4n) is 2.87. The molecule has 1 aromatic rings. The highest BCUT2D eigenvalue weighted by Gasteiger charge is 2.10. The summed E-state index contributed by atoms with van der Waals surface area (Å²) in [4.78, 5) is 14.2. The smallest absolute Gasteiger partial charge is 0.239 e. The second-order valence-corrected chi connectivity index (χ2v) is 5.93. The van der Waals surface area contributed by atoms with Crippen molar-refractivity contribution in [1.29, 1.82) is 0 Å². The van der Waals surface area contributed by atoms with Crippen molar-refractivity contribution in [3.8, 4) is 0 Å². The number of rotatable bonds is 6. The molecule has 0 atom stereocenters. The van der Waals surface area contributed by atoms with Crippen LogP contribution in [0.25, 0.3) is 0 Å². The third-order valence-corrected chi connectivity index (χ3v) is 3.96. The summed E-state index contributed by atoms with van der Waals surface area (Å²) in [5, 5.41) is 6.22. The Kier molecular flexibility index (Phi) is 6.21. The van der Waals surface area contributed by atoms with Gasteiger partial charge in [0.15, 0.2) is 0 Å². The highest BCUT2D eigenvalue weighted by molar-refractivity contribution is 5.81.